The maximum atomic E-state index is 12.0. The Morgan fingerprint density at radius 3 is 2.40 bits per heavy atom. The third-order valence-electron chi connectivity index (χ3n) is 2.96. The Morgan fingerprint density at radius 1 is 1.35 bits per heavy atom. The number of hydrogen-bond donors (Lipinski definition) is 1. The minimum absolute atomic E-state index is 0.145. The summed E-state index contributed by atoms with van der Waals surface area (Å²) in [6.45, 7) is 3.68. The van der Waals surface area contributed by atoms with E-state index in [0.29, 0.717) is 5.56 Å². The van der Waals surface area contributed by atoms with Crippen molar-refractivity contribution >= 4 is 5.91 Å². The summed E-state index contributed by atoms with van der Waals surface area (Å²) in [5, 5.41) is 0. The zero-order valence-corrected chi connectivity index (χ0v) is 12.6. The first-order chi connectivity index (χ1) is 9.03. The van der Waals surface area contributed by atoms with E-state index in [4.69, 9.17) is 5.73 Å². The summed E-state index contributed by atoms with van der Waals surface area (Å²) in [5.74, 6) is -0.145. The number of aromatic nitrogens is 2. The highest BCUT2D eigenvalue weighted by atomic mass is 16.2. The highest BCUT2D eigenvalue weighted by molar-refractivity contribution is 5.77. The van der Waals surface area contributed by atoms with E-state index in [2.05, 4.69) is 0 Å². The number of rotatable bonds is 4. The van der Waals surface area contributed by atoms with Gasteiger partial charge < -0.3 is 15.2 Å². The fourth-order valence-corrected chi connectivity index (χ4v) is 1.86. The number of nitrogens with zero attached hydrogens (tertiary/aromatic N) is 3. The van der Waals surface area contributed by atoms with Gasteiger partial charge in [0.05, 0.1) is 12.1 Å². The Bertz CT molecular complexity index is 622. The molecule has 0 aliphatic heterocycles. The van der Waals surface area contributed by atoms with Crippen LogP contribution in [-0.2, 0) is 25.4 Å². The second-order valence-electron chi connectivity index (χ2n) is 5.83. The maximum absolute atomic E-state index is 12.0. The third kappa shape index (κ3) is 3.80. The minimum atomic E-state index is -0.597. The summed E-state index contributed by atoms with van der Waals surface area (Å²) in [6.07, 6.45) is 1.65. The molecule has 0 aliphatic rings. The molecule has 0 spiro atoms. The first kappa shape index (κ1) is 16.2. The predicted molar refractivity (Wildman–Crippen MR) is 76.3 cm³/mol. The van der Waals surface area contributed by atoms with Gasteiger partial charge in [-0.1, -0.05) is 0 Å². The lowest BCUT2D eigenvalue weighted by molar-refractivity contribution is -0.131. The van der Waals surface area contributed by atoms with Crippen LogP contribution in [0.15, 0.2) is 15.8 Å². The lowest BCUT2D eigenvalue weighted by Gasteiger charge is -2.23. The van der Waals surface area contributed by atoms with Crippen molar-refractivity contribution in [2.45, 2.75) is 32.4 Å². The van der Waals surface area contributed by atoms with E-state index in [1.807, 2.05) is 0 Å². The van der Waals surface area contributed by atoms with E-state index in [9.17, 15) is 14.4 Å². The minimum Gasteiger partial charge on any atom is -0.341 e. The van der Waals surface area contributed by atoms with Gasteiger partial charge in [0.2, 0.25) is 5.91 Å². The van der Waals surface area contributed by atoms with Crippen LogP contribution in [0.2, 0.25) is 0 Å². The van der Waals surface area contributed by atoms with Crippen molar-refractivity contribution in [1.82, 2.24) is 14.0 Å². The normalized spacial score (nSPS) is 11.5. The number of carbonyl (C=O) groups is 1. The molecule has 7 nitrogen and oxygen atoms in total. The van der Waals surface area contributed by atoms with Crippen molar-refractivity contribution in [1.29, 1.82) is 0 Å². The molecular weight excluding hydrogens is 260 g/mol. The standard InChI is InChI=1S/C13H22N4O3/c1-13(2,14)6-10(18)15(3)7-9-8-16(4)12(20)17(5)11(9)19/h8H,6-7,14H2,1-5H3. The van der Waals surface area contributed by atoms with Crippen LogP contribution in [0.1, 0.15) is 25.8 Å². The van der Waals surface area contributed by atoms with E-state index >= 15 is 0 Å². The number of amides is 1. The zero-order chi connectivity index (χ0) is 15.7. The van der Waals surface area contributed by atoms with Gasteiger partial charge in [-0.15, -0.1) is 0 Å². The molecule has 1 rings (SSSR count). The molecule has 1 heterocycles. The average molecular weight is 282 g/mol. The molecular formula is C13H22N4O3. The highest BCUT2D eigenvalue weighted by Crippen LogP contribution is 2.07. The Balaban J connectivity index is 2.98. The van der Waals surface area contributed by atoms with Gasteiger partial charge in [-0.3, -0.25) is 14.2 Å². The molecule has 1 amide bonds. The molecule has 0 saturated carbocycles. The monoisotopic (exact) mass is 282 g/mol. The van der Waals surface area contributed by atoms with Gasteiger partial charge in [-0.05, 0) is 13.8 Å². The molecule has 7 heteroatoms. The summed E-state index contributed by atoms with van der Waals surface area (Å²) >= 11 is 0. The van der Waals surface area contributed by atoms with Crippen LogP contribution in [0.5, 0.6) is 0 Å². The molecule has 0 bridgehead atoms. The van der Waals surface area contributed by atoms with Gasteiger partial charge in [0.25, 0.3) is 5.56 Å². The first-order valence-corrected chi connectivity index (χ1v) is 6.31. The van der Waals surface area contributed by atoms with Crippen LogP contribution in [0.25, 0.3) is 0 Å². The van der Waals surface area contributed by atoms with E-state index in [1.54, 1.807) is 27.9 Å². The van der Waals surface area contributed by atoms with Crippen LogP contribution in [-0.4, -0.2) is 32.5 Å². The van der Waals surface area contributed by atoms with Gasteiger partial charge in [0.1, 0.15) is 0 Å². The number of carbonyl (C=O) groups excluding carboxylic acids is 1. The summed E-state index contributed by atoms with van der Waals surface area (Å²) in [5.41, 5.74) is 4.82. The van der Waals surface area contributed by atoms with Gasteiger partial charge in [0, 0.05) is 39.3 Å². The van der Waals surface area contributed by atoms with Gasteiger partial charge in [-0.2, -0.15) is 0 Å². The highest BCUT2D eigenvalue weighted by Gasteiger charge is 2.20. The van der Waals surface area contributed by atoms with E-state index < -0.39 is 11.2 Å². The van der Waals surface area contributed by atoms with Crippen molar-refractivity contribution < 1.29 is 4.79 Å². The zero-order valence-electron chi connectivity index (χ0n) is 12.6. The summed E-state index contributed by atoms with van der Waals surface area (Å²) in [4.78, 5) is 37.0. The van der Waals surface area contributed by atoms with Gasteiger partial charge in [-0.25, -0.2) is 4.79 Å². The SMILES string of the molecule is CN(Cc1cn(C)c(=O)n(C)c1=O)C(=O)CC(C)(C)N. The van der Waals surface area contributed by atoms with Crippen LogP contribution >= 0.6 is 0 Å². The number of nitrogens with two attached hydrogens (primary N) is 1. The summed E-state index contributed by atoms with van der Waals surface area (Å²) in [7, 11) is 4.59. The number of aryl methyl sites for hydroxylation is 1. The lowest BCUT2D eigenvalue weighted by Crippen LogP contribution is -2.42. The molecule has 0 unspecified atom stereocenters. The molecule has 0 fully saturated rings. The molecule has 2 N–H and O–H groups in total. The van der Waals surface area contributed by atoms with Gasteiger partial charge >= 0.3 is 5.69 Å². The van der Waals surface area contributed by atoms with Crippen LogP contribution < -0.4 is 17.0 Å². The molecule has 0 aliphatic carbocycles. The quantitative estimate of drug-likeness (QED) is 0.780. The smallest absolute Gasteiger partial charge is 0.330 e. The van der Waals surface area contributed by atoms with Crippen molar-refractivity contribution in [2.24, 2.45) is 19.8 Å². The molecule has 0 aromatic carbocycles. The van der Waals surface area contributed by atoms with Crippen LogP contribution in [0.4, 0.5) is 0 Å². The molecule has 0 radical (unpaired) electrons. The number of hydrogen-bond acceptors (Lipinski definition) is 4. The van der Waals surface area contributed by atoms with Crippen LogP contribution in [0, 0.1) is 0 Å². The average Bonchev–Trinajstić information content (AvgIpc) is 2.31. The van der Waals surface area contributed by atoms with Crippen molar-refractivity contribution in [2.75, 3.05) is 7.05 Å². The second-order valence-corrected chi connectivity index (χ2v) is 5.83. The Kier molecular flexibility index (Phi) is 4.54. The molecule has 20 heavy (non-hydrogen) atoms. The second kappa shape index (κ2) is 5.62. The van der Waals surface area contributed by atoms with Crippen molar-refractivity contribution in [3.63, 3.8) is 0 Å². The third-order valence-corrected chi connectivity index (χ3v) is 2.96. The summed E-state index contributed by atoms with van der Waals surface area (Å²) in [6, 6.07) is 0. The fraction of sp³-hybridized carbons (Fsp3) is 0.615. The summed E-state index contributed by atoms with van der Waals surface area (Å²) < 4.78 is 2.35. The van der Waals surface area contributed by atoms with Gasteiger partial charge in [0.15, 0.2) is 0 Å². The predicted octanol–water partition coefficient (Wildman–Crippen LogP) is -0.830. The largest absolute Gasteiger partial charge is 0.341 e. The Labute approximate surface area is 117 Å². The molecule has 0 saturated heterocycles. The van der Waals surface area contributed by atoms with E-state index in [0.717, 1.165) is 4.57 Å². The molecule has 1 aromatic rings. The lowest BCUT2D eigenvalue weighted by atomic mass is 10.0. The van der Waals surface area contributed by atoms with Crippen LogP contribution in [0.3, 0.4) is 0 Å². The van der Waals surface area contributed by atoms with E-state index in [1.165, 1.54) is 22.7 Å². The van der Waals surface area contributed by atoms with E-state index in [-0.39, 0.29) is 24.4 Å². The topological polar surface area (TPSA) is 90.3 Å². The van der Waals surface area contributed by atoms with Crippen molar-refractivity contribution in [3.8, 4) is 0 Å². The van der Waals surface area contributed by atoms with Crippen molar-refractivity contribution in [3.05, 3.63) is 32.6 Å². The first-order valence-electron chi connectivity index (χ1n) is 6.31. The Morgan fingerprint density at radius 2 is 1.90 bits per heavy atom. The molecule has 112 valence electrons. The molecule has 1 aromatic heterocycles. The Hall–Kier alpha value is -1.89. The molecule has 0 atom stereocenters. The maximum Gasteiger partial charge on any atom is 0.330 e. The fourth-order valence-electron chi connectivity index (χ4n) is 1.86.